The normalized spacial score (nSPS) is 10.7. The molecule has 0 aliphatic carbocycles. The Morgan fingerprint density at radius 1 is 0.867 bits per heavy atom. The number of hydrogen-bond donors (Lipinski definition) is 0. The molecule has 0 unspecified atom stereocenters. The molecule has 0 amide bonds. The van der Waals surface area contributed by atoms with E-state index in [-0.39, 0.29) is 16.6 Å². The molecule has 0 bridgehead atoms. The molecule has 0 aliphatic heterocycles. The van der Waals surface area contributed by atoms with Crippen molar-refractivity contribution in [3.05, 3.63) is 88.3 Å². The van der Waals surface area contributed by atoms with Crippen molar-refractivity contribution in [2.24, 2.45) is 0 Å². The first kappa shape index (κ1) is 19.2. The Kier molecular flexibility index (Phi) is 4.93. The van der Waals surface area contributed by atoms with Gasteiger partial charge < -0.3 is 18.5 Å². The molecule has 2 aromatic heterocycles. The van der Waals surface area contributed by atoms with Gasteiger partial charge in [0.15, 0.2) is 5.43 Å². The molecule has 2 aromatic carbocycles. The highest BCUT2D eigenvalue weighted by molar-refractivity contribution is 6.03. The maximum atomic E-state index is 12.5. The van der Waals surface area contributed by atoms with E-state index < -0.39 is 11.9 Å². The Bertz CT molecular complexity index is 1300. The summed E-state index contributed by atoms with van der Waals surface area (Å²) in [4.78, 5) is 36.8. The molecule has 0 N–H and O–H groups in total. The van der Waals surface area contributed by atoms with E-state index in [0.29, 0.717) is 28.0 Å². The standard InChI is InChI=1S/C23H17NO6/c1-28-22(26)16-12-24(13-17(16)23(27)29-2)18-9-5-3-7-14(18)21-11-19(25)15-8-4-6-10-20(15)30-21/h3-13H,1-2H3. The molecular weight excluding hydrogens is 386 g/mol. The zero-order chi connectivity index (χ0) is 21.3. The highest BCUT2D eigenvalue weighted by atomic mass is 16.5. The van der Waals surface area contributed by atoms with Crippen LogP contribution in [0.5, 0.6) is 0 Å². The van der Waals surface area contributed by atoms with Gasteiger partial charge in [0.1, 0.15) is 11.3 Å². The Hall–Kier alpha value is -4.13. The maximum Gasteiger partial charge on any atom is 0.340 e. The average molecular weight is 403 g/mol. The molecule has 4 rings (SSSR count). The van der Waals surface area contributed by atoms with E-state index in [9.17, 15) is 14.4 Å². The number of methoxy groups -OCH3 is 2. The molecule has 0 fully saturated rings. The minimum Gasteiger partial charge on any atom is -0.465 e. The number of esters is 2. The van der Waals surface area contributed by atoms with Crippen molar-refractivity contribution in [1.29, 1.82) is 0 Å². The molecular formula is C23H17NO6. The number of ether oxygens (including phenoxy) is 2. The number of carbonyl (C=O) groups excluding carboxylic acids is 2. The zero-order valence-electron chi connectivity index (χ0n) is 16.2. The van der Waals surface area contributed by atoms with Crippen LogP contribution in [0.15, 0.2) is 76.2 Å². The fourth-order valence-electron chi connectivity index (χ4n) is 3.28. The van der Waals surface area contributed by atoms with E-state index in [1.165, 1.54) is 32.7 Å². The van der Waals surface area contributed by atoms with Gasteiger partial charge in [-0.1, -0.05) is 24.3 Å². The van der Waals surface area contributed by atoms with Gasteiger partial charge in [-0.15, -0.1) is 0 Å². The van der Waals surface area contributed by atoms with Crippen LogP contribution in [0.25, 0.3) is 28.0 Å². The van der Waals surface area contributed by atoms with Gasteiger partial charge >= 0.3 is 11.9 Å². The van der Waals surface area contributed by atoms with Crippen LogP contribution in [0.2, 0.25) is 0 Å². The molecule has 7 nitrogen and oxygen atoms in total. The Labute approximate surface area is 171 Å². The number of carbonyl (C=O) groups is 2. The third-order valence-electron chi connectivity index (χ3n) is 4.72. The lowest BCUT2D eigenvalue weighted by atomic mass is 10.1. The third-order valence-corrected chi connectivity index (χ3v) is 4.72. The molecule has 7 heteroatoms. The second-order valence-corrected chi connectivity index (χ2v) is 6.46. The van der Waals surface area contributed by atoms with Crippen LogP contribution in [0.1, 0.15) is 20.7 Å². The molecule has 0 aliphatic rings. The summed E-state index contributed by atoms with van der Waals surface area (Å²) in [6, 6.07) is 15.6. The predicted molar refractivity (Wildman–Crippen MR) is 110 cm³/mol. The van der Waals surface area contributed by atoms with Crippen molar-refractivity contribution in [3.8, 4) is 17.0 Å². The summed E-state index contributed by atoms with van der Waals surface area (Å²) < 4.78 is 17.1. The molecule has 150 valence electrons. The van der Waals surface area contributed by atoms with Crippen LogP contribution in [-0.2, 0) is 9.47 Å². The van der Waals surface area contributed by atoms with Crippen LogP contribution in [0.3, 0.4) is 0 Å². The topological polar surface area (TPSA) is 87.7 Å². The van der Waals surface area contributed by atoms with Gasteiger partial charge in [-0.2, -0.15) is 0 Å². The van der Waals surface area contributed by atoms with Crippen LogP contribution in [0.4, 0.5) is 0 Å². The first-order valence-corrected chi connectivity index (χ1v) is 9.04. The molecule has 0 spiro atoms. The number of nitrogens with zero attached hydrogens (tertiary/aromatic N) is 1. The van der Waals surface area contributed by atoms with Gasteiger partial charge in [0.05, 0.1) is 36.4 Å². The fraction of sp³-hybridized carbons (Fsp3) is 0.0870. The lowest BCUT2D eigenvalue weighted by Gasteiger charge is -2.10. The van der Waals surface area contributed by atoms with Crippen molar-refractivity contribution in [3.63, 3.8) is 0 Å². The van der Waals surface area contributed by atoms with Gasteiger partial charge in [0.25, 0.3) is 0 Å². The average Bonchev–Trinajstić information content (AvgIpc) is 3.23. The Morgan fingerprint density at radius 3 is 2.13 bits per heavy atom. The first-order valence-electron chi connectivity index (χ1n) is 9.04. The quantitative estimate of drug-likeness (QED) is 0.482. The highest BCUT2D eigenvalue weighted by Crippen LogP contribution is 2.29. The smallest absolute Gasteiger partial charge is 0.340 e. The number of aromatic nitrogens is 1. The van der Waals surface area contributed by atoms with Gasteiger partial charge in [0, 0.05) is 24.0 Å². The third kappa shape index (κ3) is 3.26. The second-order valence-electron chi connectivity index (χ2n) is 6.46. The summed E-state index contributed by atoms with van der Waals surface area (Å²) in [5.41, 5.74) is 1.66. The Morgan fingerprint density at radius 2 is 1.47 bits per heavy atom. The minimum atomic E-state index is -0.663. The number of para-hydroxylation sites is 2. The van der Waals surface area contributed by atoms with Crippen LogP contribution in [-0.4, -0.2) is 30.7 Å². The summed E-state index contributed by atoms with van der Waals surface area (Å²) in [7, 11) is 2.47. The van der Waals surface area contributed by atoms with E-state index in [1.807, 2.05) is 0 Å². The Balaban J connectivity index is 1.92. The summed E-state index contributed by atoms with van der Waals surface area (Å²) in [6.07, 6.45) is 2.96. The summed E-state index contributed by atoms with van der Waals surface area (Å²) in [5, 5.41) is 0.487. The van der Waals surface area contributed by atoms with Gasteiger partial charge in [-0.05, 0) is 24.3 Å². The van der Waals surface area contributed by atoms with Crippen molar-refractivity contribution in [2.45, 2.75) is 0 Å². The van der Waals surface area contributed by atoms with E-state index in [1.54, 1.807) is 53.1 Å². The number of benzene rings is 2. The van der Waals surface area contributed by atoms with Crippen LogP contribution >= 0.6 is 0 Å². The largest absolute Gasteiger partial charge is 0.465 e. The minimum absolute atomic E-state index is 0.0686. The van der Waals surface area contributed by atoms with E-state index in [0.717, 1.165) is 0 Å². The fourth-order valence-corrected chi connectivity index (χ4v) is 3.28. The van der Waals surface area contributed by atoms with Crippen molar-refractivity contribution < 1.29 is 23.5 Å². The van der Waals surface area contributed by atoms with Gasteiger partial charge in [0.2, 0.25) is 0 Å². The zero-order valence-corrected chi connectivity index (χ0v) is 16.2. The van der Waals surface area contributed by atoms with Crippen molar-refractivity contribution in [1.82, 2.24) is 4.57 Å². The van der Waals surface area contributed by atoms with Crippen molar-refractivity contribution in [2.75, 3.05) is 14.2 Å². The number of fused-ring (bicyclic) bond motifs is 1. The molecule has 0 radical (unpaired) electrons. The van der Waals surface area contributed by atoms with Gasteiger partial charge in [-0.25, -0.2) is 9.59 Å². The predicted octanol–water partition coefficient (Wildman–Crippen LogP) is 3.82. The van der Waals surface area contributed by atoms with Crippen LogP contribution < -0.4 is 5.43 Å². The molecule has 4 aromatic rings. The highest BCUT2D eigenvalue weighted by Gasteiger charge is 2.23. The summed E-state index contributed by atoms with van der Waals surface area (Å²) >= 11 is 0. The van der Waals surface area contributed by atoms with Crippen LogP contribution in [0, 0.1) is 0 Å². The van der Waals surface area contributed by atoms with E-state index >= 15 is 0 Å². The van der Waals surface area contributed by atoms with E-state index in [2.05, 4.69) is 0 Å². The molecule has 0 saturated carbocycles. The monoisotopic (exact) mass is 403 g/mol. The maximum absolute atomic E-state index is 12.5. The lowest BCUT2D eigenvalue weighted by molar-refractivity contribution is 0.0556. The number of rotatable bonds is 4. The number of hydrogen-bond acceptors (Lipinski definition) is 6. The molecule has 2 heterocycles. The molecule has 30 heavy (non-hydrogen) atoms. The lowest BCUT2D eigenvalue weighted by Crippen LogP contribution is -2.08. The first-order chi connectivity index (χ1) is 14.5. The second kappa shape index (κ2) is 7.71. The molecule has 0 saturated heterocycles. The summed E-state index contributed by atoms with van der Waals surface area (Å²) in [5.74, 6) is -0.963. The van der Waals surface area contributed by atoms with Gasteiger partial charge in [-0.3, -0.25) is 4.79 Å². The van der Waals surface area contributed by atoms with E-state index in [4.69, 9.17) is 13.9 Å². The SMILES string of the molecule is COC(=O)c1cn(-c2ccccc2-c2cc(=O)c3ccccc3o2)cc1C(=O)OC. The summed E-state index contributed by atoms with van der Waals surface area (Å²) in [6.45, 7) is 0. The van der Waals surface area contributed by atoms with Crippen molar-refractivity contribution >= 4 is 22.9 Å². The molecule has 0 atom stereocenters.